The van der Waals surface area contributed by atoms with E-state index in [0.717, 1.165) is 0 Å². The van der Waals surface area contributed by atoms with Crippen LogP contribution in [0.25, 0.3) is 0 Å². The summed E-state index contributed by atoms with van der Waals surface area (Å²) in [5.74, 6) is -1.63. The van der Waals surface area contributed by atoms with Crippen LogP contribution < -0.4 is 16.2 Å². The molecule has 0 radical (unpaired) electrons. The molecule has 0 aliphatic heterocycles. The fourth-order valence-electron chi connectivity index (χ4n) is 1.94. The number of ether oxygens (including phenoxy) is 1. The number of aromatic amines is 1. The number of amides is 2. The van der Waals surface area contributed by atoms with Gasteiger partial charge in [0.2, 0.25) is 5.91 Å². The molecule has 0 bridgehead atoms. The number of benzene rings is 1. The smallest absolute Gasteiger partial charge is 0.344 e. The van der Waals surface area contributed by atoms with Crippen LogP contribution in [0.2, 0.25) is 0 Å². The lowest BCUT2D eigenvalue weighted by atomic mass is 10.2. The zero-order valence-corrected chi connectivity index (χ0v) is 13.7. The standard InChI is InChI=1S/C17H17N3O5/c1-10(25-17(24)14-4-3-9-18-16(14)23)15(22)20-13-7-5-12(6-8-13)19-11(2)21/h3-10H,1-2H3,(H,18,23)(H,19,21)(H,20,22)/t10-/m0/s1. The summed E-state index contributed by atoms with van der Waals surface area (Å²) in [4.78, 5) is 48.8. The van der Waals surface area contributed by atoms with Crippen LogP contribution in [-0.2, 0) is 14.3 Å². The maximum atomic E-state index is 12.1. The average Bonchev–Trinajstić information content (AvgIpc) is 2.56. The number of carbonyl (C=O) groups excluding carboxylic acids is 3. The van der Waals surface area contributed by atoms with Crippen molar-refractivity contribution in [2.24, 2.45) is 0 Å². The van der Waals surface area contributed by atoms with Crippen molar-refractivity contribution in [2.45, 2.75) is 20.0 Å². The Hall–Kier alpha value is -3.42. The van der Waals surface area contributed by atoms with Gasteiger partial charge in [-0.1, -0.05) is 0 Å². The Morgan fingerprint density at radius 1 is 1.04 bits per heavy atom. The van der Waals surface area contributed by atoms with Gasteiger partial charge in [-0.3, -0.25) is 14.4 Å². The molecule has 130 valence electrons. The van der Waals surface area contributed by atoms with Gasteiger partial charge in [-0.2, -0.15) is 0 Å². The molecule has 2 rings (SSSR count). The molecule has 0 aliphatic rings. The van der Waals surface area contributed by atoms with Gasteiger partial charge in [0.1, 0.15) is 5.56 Å². The van der Waals surface area contributed by atoms with Gasteiger partial charge in [0.15, 0.2) is 6.10 Å². The highest BCUT2D eigenvalue weighted by Crippen LogP contribution is 2.14. The lowest BCUT2D eigenvalue weighted by Gasteiger charge is -2.13. The Morgan fingerprint density at radius 3 is 2.20 bits per heavy atom. The Labute approximate surface area is 143 Å². The molecule has 0 fully saturated rings. The Bertz CT molecular complexity index is 842. The van der Waals surface area contributed by atoms with Gasteiger partial charge in [-0.05, 0) is 43.3 Å². The number of hydrogen-bond donors (Lipinski definition) is 3. The summed E-state index contributed by atoms with van der Waals surface area (Å²) >= 11 is 0. The average molecular weight is 343 g/mol. The van der Waals surface area contributed by atoms with Crippen LogP contribution >= 0.6 is 0 Å². The van der Waals surface area contributed by atoms with E-state index in [2.05, 4.69) is 15.6 Å². The zero-order valence-electron chi connectivity index (χ0n) is 13.7. The Kier molecular flexibility index (Phi) is 5.67. The van der Waals surface area contributed by atoms with Crippen molar-refractivity contribution in [1.82, 2.24) is 4.98 Å². The van der Waals surface area contributed by atoms with Crippen LogP contribution in [0.4, 0.5) is 11.4 Å². The normalized spacial score (nSPS) is 11.3. The number of anilines is 2. The van der Waals surface area contributed by atoms with Crippen LogP contribution in [0, 0.1) is 0 Å². The van der Waals surface area contributed by atoms with Gasteiger partial charge < -0.3 is 20.4 Å². The van der Waals surface area contributed by atoms with E-state index in [4.69, 9.17) is 4.74 Å². The quantitative estimate of drug-likeness (QED) is 0.712. The van der Waals surface area contributed by atoms with E-state index in [1.54, 1.807) is 24.3 Å². The summed E-state index contributed by atoms with van der Waals surface area (Å²) < 4.78 is 5.00. The molecular weight excluding hydrogens is 326 g/mol. The zero-order chi connectivity index (χ0) is 18.4. The van der Waals surface area contributed by atoms with Crippen LogP contribution in [0.15, 0.2) is 47.4 Å². The molecule has 0 saturated carbocycles. The summed E-state index contributed by atoms with van der Waals surface area (Å²) in [5.41, 5.74) is 0.295. The van der Waals surface area contributed by atoms with Crippen molar-refractivity contribution in [3.05, 3.63) is 58.5 Å². The van der Waals surface area contributed by atoms with Crippen LogP contribution in [0.5, 0.6) is 0 Å². The molecule has 1 aromatic carbocycles. The van der Waals surface area contributed by atoms with Crippen molar-refractivity contribution in [1.29, 1.82) is 0 Å². The summed E-state index contributed by atoms with van der Waals surface area (Å²) in [6.07, 6.45) is 0.294. The van der Waals surface area contributed by atoms with E-state index in [1.165, 1.54) is 32.2 Å². The minimum Gasteiger partial charge on any atom is -0.449 e. The molecule has 8 heteroatoms. The highest BCUT2D eigenvalue weighted by Gasteiger charge is 2.20. The molecule has 2 aromatic rings. The molecule has 0 spiro atoms. The molecule has 1 heterocycles. The lowest BCUT2D eigenvalue weighted by molar-refractivity contribution is -0.123. The third-order valence-electron chi connectivity index (χ3n) is 3.16. The molecule has 0 aliphatic carbocycles. The maximum Gasteiger partial charge on any atom is 0.344 e. The fourth-order valence-corrected chi connectivity index (χ4v) is 1.94. The van der Waals surface area contributed by atoms with Crippen molar-refractivity contribution in [3.63, 3.8) is 0 Å². The van der Waals surface area contributed by atoms with Crippen molar-refractivity contribution >= 4 is 29.2 Å². The van der Waals surface area contributed by atoms with E-state index in [-0.39, 0.29) is 11.5 Å². The van der Waals surface area contributed by atoms with E-state index in [9.17, 15) is 19.2 Å². The minimum atomic E-state index is -1.10. The van der Waals surface area contributed by atoms with Crippen LogP contribution in [-0.4, -0.2) is 28.9 Å². The first-order valence-corrected chi connectivity index (χ1v) is 7.44. The number of carbonyl (C=O) groups is 3. The molecule has 0 saturated heterocycles. The topological polar surface area (TPSA) is 117 Å². The second-order valence-electron chi connectivity index (χ2n) is 5.21. The number of aromatic nitrogens is 1. The SMILES string of the molecule is CC(=O)Nc1ccc(NC(=O)[C@H](C)OC(=O)c2ccc[nH]c2=O)cc1. The van der Waals surface area contributed by atoms with E-state index in [0.29, 0.717) is 11.4 Å². The number of nitrogens with one attached hydrogen (secondary N) is 3. The summed E-state index contributed by atoms with van der Waals surface area (Å²) in [6.45, 7) is 2.79. The number of rotatable bonds is 5. The highest BCUT2D eigenvalue weighted by atomic mass is 16.5. The number of hydrogen-bond acceptors (Lipinski definition) is 5. The summed E-state index contributed by atoms with van der Waals surface area (Å²) in [6, 6.07) is 9.24. The maximum absolute atomic E-state index is 12.1. The molecular formula is C17H17N3O5. The van der Waals surface area contributed by atoms with Crippen molar-refractivity contribution < 1.29 is 19.1 Å². The highest BCUT2D eigenvalue weighted by molar-refractivity contribution is 5.97. The fraction of sp³-hybridized carbons (Fsp3) is 0.176. The van der Waals surface area contributed by atoms with Gasteiger partial charge in [0.25, 0.3) is 11.5 Å². The van der Waals surface area contributed by atoms with Crippen LogP contribution in [0.1, 0.15) is 24.2 Å². The van der Waals surface area contributed by atoms with E-state index in [1.807, 2.05) is 0 Å². The largest absolute Gasteiger partial charge is 0.449 e. The molecule has 25 heavy (non-hydrogen) atoms. The number of pyridine rings is 1. The van der Waals surface area contributed by atoms with Gasteiger partial charge in [0.05, 0.1) is 0 Å². The van der Waals surface area contributed by atoms with Crippen LogP contribution in [0.3, 0.4) is 0 Å². The van der Waals surface area contributed by atoms with Gasteiger partial charge in [-0.15, -0.1) is 0 Å². The molecule has 2 amide bonds. The molecule has 0 unspecified atom stereocenters. The number of esters is 1. The Balaban J connectivity index is 1.96. The predicted octanol–water partition coefficient (Wildman–Crippen LogP) is 1.52. The first-order valence-electron chi connectivity index (χ1n) is 7.44. The van der Waals surface area contributed by atoms with Gasteiger partial charge in [0, 0.05) is 24.5 Å². The predicted molar refractivity (Wildman–Crippen MR) is 91.3 cm³/mol. The minimum absolute atomic E-state index is 0.179. The second-order valence-corrected chi connectivity index (χ2v) is 5.21. The summed E-state index contributed by atoms with van der Waals surface area (Å²) in [5, 5.41) is 5.18. The molecule has 3 N–H and O–H groups in total. The first kappa shape index (κ1) is 17.9. The molecule has 1 atom stereocenters. The third kappa shape index (κ3) is 5.03. The van der Waals surface area contributed by atoms with E-state index < -0.39 is 23.5 Å². The molecule has 1 aromatic heterocycles. The van der Waals surface area contributed by atoms with Crippen molar-refractivity contribution in [3.8, 4) is 0 Å². The summed E-state index contributed by atoms with van der Waals surface area (Å²) in [7, 11) is 0. The lowest BCUT2D eigenvalue weighted by Crippen LogP contribution is -2.31. The first-order chi connectivity index (χ1) is 11.9. The van der Waals surface area contributed by atoms with E-state index >= 15 is 0 Å². The Morgan fingerprint density at radius 2 is 1.64 bits per heavy atom. The molecule has 8 nitrogen and oxygen atoms in total. The second kappa shape index (κ2) is 7.91. The van der Waals surface area contributed by atoms with Gasteiger partial charge >= 0.3 is 5.97 Å². The third-order valence-corrected chi connectivity index (χ3v) is 3.16. The monoisotopic (exact) mass is 343 g/mol. The van der Waals surface area contributed by atoms with Crippen molar-refractivity contribution in [2.75, 3.05) is 10.6 Å². The van der Waals surface area contributed by atoms with Gasteiger partial charge in [-0.25, -0.2) is 4.79 Å². The number of H-pyrrole nitrogens is 1.